The summed E-state index contributed by atoms with van der Waals surface area (Å²) in [7, 11) is 0. The molecule has 0 aromatic carbocycles. The molecular weight excluding hydrogens is 270 g/mol. The lowest BCUT2D eigenvalue weighted by atomic mass is 9.93. The minimum atomic E-state index is -0.873. The zero-order chi connectivity index (χ0) is 15.3. The number of nitrogens with one attached hydrogen (secondary N) is 2. The van der Waals surface area contributed by atoms with Crippen LogP contribution in [0.4, 0.5) is 4.79 Å². The van der Waals surface area contributed by atoms with E-state index in [2.05, 4.69) is 15.6 Å². The molecule has 0 bridgehead atoms. The molecule has 0 unspecified atom stereocenters. The standard InChI is InChI=1S/C15H21N3O3/c1-11-9-16-7-4-12(11)10-17-14(21)18-15(8-13(19)20)5-2-3-6-15/h4,7,9H,2-3,5-6,8,10H2,1H3,(H,19,20)(H2,17,18,21). The zero-order valence-electron chi connectivity index (χ0n) is 12.2. The van der Waals surface area contributed by atoms with Crippen LogP contribution < -0.4 is 10.6 Å². The van der Waals surface area contributed by atoms with Gasteiger partial charge in [-0.1, -0.05) is 12.8 Å². The molecule has 0 spiro atoms. The SMILES string of the molecule is Cc1cnccc1CNC(=O)NC1(CC(=O)O)CCCC1. The first-order valence-electron chi connectivity index (χ1n) is 7.18. The third-order valence-electron chi connectivity index (χ3n) is 4.00. The number of carbonyl (C=O) groups is 2. The van der Waals surface area contributed by atoms with Gasteiger partial charge in [0.2, 0.25) is 0 Å². The maximum atomic E-state index is 12.0. The number of rotatable bonds is 5. The van der Waals surface area contributed by atoms with Crippen molar-refractivity contribution in [1.29, 1.82) is 0 Å². The number of carbonyl (C=O) groups excluding carboxylic acids is 1. The number of carboxylic acids is 1. The van der Waals surface area contributed by atoms with E-state index in [-0.39, 0.29) is 12.5 Å². The van der Waals surface area contributed by atoms with Crippen molar-refractivity contribution in [2.24, 2.45) is 0 Å². The normalized spacial score (nSPS) is 16.4. The highest BCUT2D eigenvalue weighted by Crippen LogP contribution is 2.32. The molecule has 2 amide bonds. The summed E-state index contributed by atoms with van der Waals surface area (Å²) in [6.45, 7) is 2.34. The molecule has 1 aromatic heterocycles. The van der Waals surface area contributed by atoms with Crippen LogP contribution in [0.25, 0.3) is 0 Å². The molecule has 1 aromatic rings. The van der Waals surface area contributed by atoms with Crippen molar-refractivity contribution in [2.75, 3.05) is 0 Å². The van der Waals surface area contributed by atoms with Gasteiger partial charge in [0, 0.05) is 18.9 Å². The average molecular weight is 291 g/mol. The van der Waals surface area contributed by atoms with Crippen LogP contribution in [0.1, 0.15) is 43.2 Å². The van der Waals surface area contributed by atoms with E-state index < -0.39 is 11.5 Å². The van der Waals surface area contributed by atoms with E-state index in [0.29, 0.717) is 6.54 Å². The third kappa shape index (κ3) is 4.18. The van der Waals surface area contributed by atoms with Crippen LogP contribution >= 0.6 is 0 Å². The molecule has 114 valence electrons. The lowest BCUT2D eigenvalue weighted by molar-refractivity contribution is -0.138. The summed E-state index contributed by atoms with van der Waals surface area (Å²) < 4.78 is 0. The Morgan fingerprint density at radius 2 is 2.10 bits per heavy atom. The first kappa shape index (κ1) is 15.3. The number of hydrogen-bond acceptors (Lipinski definition) is 3. The quantitative estimate of drug-likeness (QED) is 0.773. The Balaban J connectivity index is 1.91. The predicted molar refractivity (Wildman–Crippen MR) is 77.8 cm³/mol. The second kappa shape index (κ2) is 6.56. The molecule has 0 radical (unpaired) electrons. The van der Waals surface area contributed by atoms with Gasteiger partial charge in [-0.3, -0.25) is 9.78 Å². The molecule has 1 fully saturated rings. The van der Waals surface area contributed by atoms with Gasteiger partial charge in [-0.05, 0) is 37.0 Å². The van der Waals surface area contributed by atoms with Crippen molar-refractivity contribution < 1.29 is 14.7 Å². The van der Waals surface area contributed by atoms with Crippen LogP contribution in [0, 0.1) is 6.92 Å². The second-order valence-corrected chi connectivity index (χ2v) is 5.67. The van der Waals surface area contributed by atoms with Gasteiger partial charge >= 0.3 is 12.0 Å². The van der Waals surface area contributed by atoms with E-state index in [9.17, 15) is 9.59 Å². The maximum Gasteiger partial charge on any atom is 0.315 e. The number of aliphatic carboxylic acids is 1. The lowest BCUT2D eigenvalue weighted by Gasteiger charge is -2.28. The fourth-order valence-corrected chi connectivity index (χ4v) is 2.85. The molecule has 3 N–H and O–H groups in total. The fraction of sp³-hybridized carbons (Fsp3) is 0.533. The Morgan fingerprint density at radius 3 is 2.71 bits per heavy atom. The van der Waals surface area contributed by atoms with Crippen molar-refractivity contribution in [3.05, 3.63) is 29.6 Å². The maximum absolute atomic E-state index is 12.0. The summed E-state index contributed by atoms with van der Waals surface area (Å²) >= 11 is 0. The Morgan fingerprint density at radius 1 is 1.38 bits per heavy atom. The van der Waals surface area contributed by atoms with Gasteiger partial charge in [0.1, 0.15) is 0 Å². The third-order valence-corrected chi connectivity index (χ3v) is 4.00. The number of urea groups is 1. The Bertz CT molecular complexity index is 525. The largest absolute Gasteiger partial charge is 0.481 e. The van der Waals surface area contributed by atoms with Gasteiger partial charge in [0.25, 0.3) is 0 Å². The van der Waals surface area contributed by atoms with E-state index in [1.165, 1.54) is 0 Å². The first-order valence-corrected chi connectivity index (χ1v) is 7.18. The summed E-state index contributed by atoms with van der Waals surface area (Å²) in [5.74, 6) is -0.873. The van der Waals surface area contributed by atoms with Crippen LogP contribution in [-0.4, -0.2) is 27.6 Å². The monoisotopic (exact) mass is 291 g/mol. The molecule has 0 aliphatic heterocycles. The van der Waals surface area contributed by atoms with Gasteiger partial charge in [0.05, 0.1) is 12.0 Å². The average Bonchev–Trinajstić information content (AvgIpc) is 2.85. The fourth-order valence-electron chi connectivity index (χ4n) is 2.85. The predicted octanol–water partition coefficient (Wildman–Crippen LogP) is 1.98. The van der Waals surface area contributed by atoms with E-state index in [1.54, 1.807) is 12.4 Å². The minimum Gasteiger partial charge on any atom is -0.481 e. The van der Waals surface area contributed by atoms with E-state index in [0.717, 1.165) is 36.8 Å². The van der Waals surface area contributed by atoms with Crippen LogP contribution in [-0.2, 0) is 11.3 Å². The molecule has 1 aliphatic rings. The summed E-state index contributed by atoms with van der Waals surface area (Å²) in [6, 6.07) is 1.55. The Kier molecular flexibility index (Phi) is 4.77. The lowest BCUT2D eigenvalue weighted by Crippen LogP contribution is -2.51. The van der Waals surface area contributed by atoms with Crippen molar-refractivity contribution in [1.82, 2.24) is 15.6 Å². The zero-order valence-corrected chi connectivity index (χ0v) is 12.2. The molecule has 6 heteroatoms. The van der Waals surface area contributed by atoms with Crippen molar-refractivity contribution in [2.45, 2.75) is 51.1 Å². The van der Waals surface area contributed by atoms with E-state index in [4.69, 9.17) is 5.11 Å². The molecule has 1 aliphatic carbocycles. The summed E-state index contributed by atoms with van der Waals surface area (Å²) in [4.78, 5) is 27.0. The topological polar surface area (TPSA) is 91.3 Å². The smallest absolute Gasteiger partial charge is 0.315 e. The number of aromatic nitrogens is 1. The number of amides is 2. The summed E-state index contributed by atoms with van der Waals surface area (Å²) in [5.41, 5.74) is 1.42. The molecule has 0 atom stereocenters. The van der Waals surface area contributed by atoms with Gasteiger partial charge < -0.3 is 15.7 Å². The number of aryl methyl sites for hydroxylation is 1. The van der Waals surface area contributed by atoms with Gasteiger partial charge in [-0.15, -0.1) is 0 Å². The molecular formula is C15H21N3O3. The molecule has 0 saturated heterocycles. The Labute approximate surface area is 124 Å². The van der Waals surface area contributed by atoms with Gasteiger partial charge in [-0.2, -0.15) is 0 Å². The van der Waals surface area contributed by atoms with E-state index >= 15 is 0 Å². The number of pyridine rings is 1. The summed E-state index contributed by atoms with van der Waals surface area (Å²) in [5, 5.41) is 14.7. The number of hydrogen-bond donors (Lipinski definition) is 3. The molecule has 1 saturated carbocycles. The van der Waals surface area contributed by atoms with E-state index in [1.807, 2.05) is 13.0 Å². The van der Waals surface area contributed by atoms with Crippen molar-refractivity contribution >= 4 is 12.0 Å². The molecule has 2 rings (SSSR count). The second-order valence-electron chi connectivity index (χ2n) is 5.67. The van der Waals surface area contributed by atoms with Gasteiger partial charge in [-0.25, -0.2) is 4.79 Å². The first-order chi connectivity index (χ1) is 10.0. The van der Waals surface area contributed by atoms with Crippen LogP contribution in [0.2, 0.25) is 0 Å². The van der Waals surface area contributed by atoms with Gasteiger partial charge in [0.15, 0.2) is 0 Å². The van der Waals surface area contributed by atoms with Crippen molar-refractivity contribution in [3.63, 3.8) is 0 Å². The van der Waals surface area contributed by atoms with Crippen molar-refractivity contribution in [3.8, 4) is 0 Å². The number of nitrogens with zero attached hydrogens (tertiary/aromatic N) is 1. The highest BCUT2D eigenvalue weighted by molar-refractivity contribution is 5.76. The highest BCUT2D eigenvalue weighted by Gasteiger charge is 2.37. The molecule has 21 heavy (non-hydrogen) atoms. The summed E-state index contributed by atoms with van der Waals surface area (Å²) in [6.07, 6.45) is 6.77. The minimum absolute atomic E-state index is 0.0191. The molecule has 6 nitrogen and oxygen atoms in total. The van der Waals surface area contributed by atoms with Crippen LogP contribution in [0.15, 0.2) is 18.5 Å². The van der Waals surface area contributed by atoms with Crippen LogP contribution in [0.5, 0.6) is 0 Å². The molecule has 1 heterocycles. The Hall–Kier alpha value is -2.11. The highest BCUT2D eigenvalue weighted by atomic mass is 16.4. The number of carboxylic acid groups (broad SMARTS) is 1. The van der Waals surface area contributed by atoms with Crippen LogP contribution in [0.3, 0.4) is 0 Å².